The summed E-state index contributed by atoms with van der Waals surface area (Å²) in [6, 6.07) is 3.85. The molecule has 0 radical (unpaired) electrons. The quantitative estimate of drug-likeness (QED) is 0.697. The Morgan fingerprint density at radius 1 is 1.36 bits per heavy atom. The van der Waals surface area contributed by atoms with Crippen LogP contribution in [-0.4, -0.2) is 18.4 Å². The Labute approximate surface area is 82.4 Å². The van der Waals surface area contributed by atoms with Crippen molar-refractivity contribution in [2.45, 2.75) is 13.5 Å². The van der Waals surface area contributed by atoms with Gasteiger partial charge in [-0.3, -0.25) is 0 Å². The lowest BCUT2D eigenvalue weighted by Gasteiger charge is -2.22. The average Bonchev–Trinajstić information content (AvgIpc) is 2.23. The van der Waals surface area contributed by atoms with Crippen LogP contribution in [0.4, 0.5) is 0 Å². The van der Waals surface area contributed by atoms with Crippen molar-refractivity contribution in [2.24, 2.45) is 0 Å². The van der Waals surface area contributed by atoms with Crippen LogP contribution >= 0.6 is 0 Å². The lowest BCUT2D eigenvalue weighted by molar-refractivity contribution is 0.150. The van der Waals surface area contributed by atoms with Crippen LogP contribution in [-0.2, 0) is 6.54 Å². The summed E-state index contributed by atoms with van der Waals surface area (Å²) < 4.78 is 10.9. The largest absolute Gasteiger partial charge is 0.486 e. The summed E-state index contributed by atoms with van der Waals surface area (Å²) in [6.07, 6.45) is 0. The fourth-order valence-electron chi connectivity index (χ4n) is 1.57. The van der Waals surface area contributed by atoms with E-state index in [4.69, 9.17) is 14.7 Å². The highest BCUT2D eigenvalue weighted by Crippen LogP contribution is 2.35. The van der Waals surface area contributed by atoms with Crippen LogP contribution < -0.4 is 15.0 Å². The van der Waals surface area contributed by atoms with Crippen molar-refractivity contribution < 1.29 is 14.7 Å². The van der Waals surface area contributed by atoms with Gasteiger partial charge in [-0.25, -0.2) is 5.48 Å². The van der Waals surface area contributed by atoms with Gasteiger partial charge >= 0.3 is 0 Å². The normalized spacial score (nSPS) is 14.1. The maximum atomic E-state index is 8.70. The highest BCUT2D eigenvalue weighted by Gasteiger charge is 2.17. The molecule has 76 valence electrons. The van der Waals surface area contributed by atoms with Gasteiger partial charge in [-0.15, -0.1) is 0 Å². The van der Waals surface area contributed by atoms with E-state index in [1.54, 1.807) is 0 Å². The van der Waals surface area contributed by atoms with Gasteiger partial charge < -0.3 is 14.7 Å². The molecule has 0 unspecified atom stereocenters. The molecule has 4 nitrogen and oxygen atoms in total. The second-order valence-corrected chi connectivity index (χ2v) is 3.22. The predicted octanol–water partition coefficient (Wildman–Crippen LogP) is 1.25. The van der Waals surface area contributed by atoms with Crippen molar-refractivity contribution in [2.75, 3.05) is 13.2 Å². The Kier molecular flexibility index (Phi) is 2.56. The summed E-state index contributed by atoms with van der Waals surface area (Å²) >= 11 is 0. The minimum Gasteiger partial charge on any atom is -0.486 e. The van der Waals surface area contributed by atoms with E-state index >= 15 is 0 Å². The molecule has 0 spiro atoms. The van der Waals surface area contributed by atoms with Crippen LogP contribution in [0.25, 0.3) is 0 Å². The molecule has 1 aromatic rings. The first-order valence-corrected chi connectivity index (χ1v) is 4.58. The average molecular weight is 195 g/mol. The van der Waals surface area contributed by atoms with Crippen LogP contribution in [0.5, 0.6) is 11.5 Å². The number of benzene rings is 1. The molecule has 14 heavy (non-hydrogen) atoms. The number of nitrogens with one attached hydrogen (secondary N) is 1. The second-order valence-electron chi connectivity index (χ2n) is 3.22. The van der Waals surface area contributed by atoms with Crippen LogP contribution in [0.15, 0.2) is 12.1 Å². The van der Waals surface area contributed by atoms with Crippen molar-refractivity contribution >= 4 is 0 Å². The minimum absolute atomic E-state index is 0.373. The van der Waals surface area contributed by atoms with Crippen molar-refractivity contribution in [1.29, 1.82) is 0 Å². The molecule has 0 fully saturated rings. The van der Waals surface area contributed by atoms with Gasteiger partial charge in [0.25, 0.3) is 0 Å². The Morgan fingerprint density at radius 3 is 2.93 bits per heavy atom. The first kappa shape index (κ1) is 9.30. The molecular formula is C10H13NO3. The maximum Gasteiger partial charge on any atom is 0.166 e. The highest BCUT2D eigenvalue weighted by molar-refractivity contribution is 5.51. The zero-order valence-corrected chi connectivity index (χ0v) is 8.04. The number of ether oxygens (including phenoxy) is 2. The Bertz CT molecular complexity index is 338. The molecule has 0 saturated carbocycles. The minimum atomic E-state index is 0.373. The molecule has 0 saturated heterocycles. The Balaban J connectivity index is 2.43. The molecule has 0 bridgehead atoms. The van der Waals surface area contributed by atoms with Gasteiger partial charge in [0.15, 0.2) is 11.5 Å². The molecule has 0 aromatic heterocycles. The first-order chi connectivity index (χ1) is 6.83. The third-order valence-corrected chi connectivity index (χ3v) is 2.30. The van der Waals surface area contributed by atoms with Crippen molar-refractivity contribution in [3.63, 3.8) is 0 Å². The fourth-order valence-corrected chi connectivity index (χ4v) is 1.57. The number of rotatable bonds is 2. The molecular weight excluding hydrogens is 182 g/mol. The Morgan fingerprint density at radius 2 is 2.14 bits per heavy atom. The zero-order valence-electron chi connectivity index (χ0n) is 8.04. The zero-order chi connectivity index (χ0) is 9.97. The SMILES string of the molecule is Cc1ccc2c(c1CNO)OCCO2. The molecule has 0 aliphatic carbocycles. The number of aryl methyl sites for hydroxylation is 1. The first-order valence-electron chi connectivity index (χ1n) is 4.58. The topological polar surface area (TPSA) is 50.7 Å². The number of hydrogen-bond acceptors (Lipinski definition) is 4. The molecule has 2 N–H and O–H groups in total. The molecule has 4 heteroatoms. The summed E-state index contributed by atoms with van der Waals surface area (Å²) in [5.74, 6) is 1.50. The molecule has 1 aliphatic heterocycles. The van der Waals surface area contributed by atoms with Crippen LogP contribution in [0.3, 0.4) is 0 Å². The van der Waals surface area contributed by atoms with E-state index < -0.39 is 0 Å². The van der Waals surface area contributed by atoms with E-state index in [9.17, 15) is 0 Å². The molecule has 1 heterocycles. The summed E-state index contributed by atoms with van der Waals surface area (Å²) in [4.78, 5) is 0. The number of fused-ring (bicyclic) bond motifs is 1. The van der Waals surface area contributed by atoms with E-state index in [-0.39, 0.29) is 0 Å². The molecule has 2 rings (SSSR count). The van der Waals surface area contributed by atoms with Gasteiger partial charge in [0.05, 0.1) is 0 Å². The highest BCUT2D eigenvalue weighted by atomic mass is 16.6. The van der Waals surface area contributed by atoms with E-state index in [1.165, 1.54) is 0 Å². The van der Waals surface area contributed by atoms with E-state index in [2.05, 4.69) is 5.48 Å². The number of hydroxylamine groups is 1. The van der Waals surface area contributed by atoms with Crippen LogP contribution in [0.1, 0.15) is 11.1 Å². The summed E-state index contributed by atoms with van der Waals surface area (Å²) in [5.41, 5.74) is 4.17. The molecule has 0 amide bonds. The summed E-state index contributed by atoms with van der Waals surface area (Å²) in [6.45, 7) is 3.50. The summed E-state index contributed by atoms with van der Waals surface area (Å²) in [7, 11) is 0. The van der Waals surface area contributed by atoms with Gasteiger partial charge in [0.2, 0.25) is 0 Å². The Hall–Kier alpha value is -1.26. The van der Waals surface area contributed by atoms with Gasteiger partial charge in [-0.2, -0.15) is 0 Å². The van der Waals surface area contributed by atoms with Gasteiger partial charge in [0.1, 0.15) is 13.2 Å². The molecule has 0 atom stereocenters. The third-order valence-electron chi connectivity index (χ3n) is 2.30. The van der Waals surface area contributed by atoms with Crippen molar-refractivity contribution in [1.82, 2.24) is 5.48 Å². The molecule has 1 aromatic carbocycles. The second kappa shape index (κ2) is 3.86. The van der Waals surface area contributed by atoms with Crippen LogP contribution in [0, 0.1) is 6.92 Å². The van der Waals surface area contributed by atoms with Gasteiger partial charge in [0, 0.05) is 12.1 Å². The lowest BCUT2D eigenvalue weighted by atomic mass is 10.1. The van der Waals surface area contributed by atoms with E-state index in [0.717, 1.165) is 22.6 Å². The number of hydrogen-bond donors (Lipinski definition) is 2. The smallest absolute Gasteiger partial charge is 0.166 e. The predicted molar refractivity (Wildman–Crippen MR) is 50.8 cm³/mol. The van der Waals surface area contributed by atoms with E-state index in [0.29, 0.717) is 19.8 Å². The third kappa shape index (κ3) is 1.54. The standard InChI is InChI=1S/C10H13NO3/c1-7-2-3-9-10(8(7)6-11-12)14-5-4-13-9/h2-3,11-12H,4-6H2,1H3. The van der Waals surface area contributed by atoms with Crippen molar-refractivity contribution in [3.8, 4) is 11.5 Å². The lowest BCUT2D eigenvalue weighted by Crippen LogP contribution is -2.18. The summed E-state index contributed by atoms with van der Waals surface area (Å²) in [5, 5.41) is 8.70. The molecule has 1 aliphatic rings. The van der Waals surface area contributed by atoms with Gasteiger partial charge in [-0.1, -0.05) is 6.07 Å². The maximum absolute atomic E-state index is 8.70. The monoisotopic (exact) mass is 195 g/mol. The fraction of sp³-hybridized carbons (Fsp3) is 0.400. The van der Waals surface area contributed by atoms with Crippen LogP contribution in [0.2, 0.25) is 0 Å². The van der Waals surface area contributed by atoms with Crippen molar-refractivity contribution in [3.05, 3.63) is 23.3 Å². The van der Waals surface area contributed by atoms with E-state index in [1.807, 2.05) is 19.1 Å². The van der Waals surface area contributed by atoms with Gasteiger partial charge in [-0.05, 0) is 18.6 Å².